The lowest BCUT2D eigenvalue weighted by Gasteiger charge is -2.11. The van der Waals surface area contributed by atoms with Crippen molar-refractivity contribution in [2.24, 2.45) is 0 Å². The van der Waals surface area contributed by atoms with Crippen LogP contribution in [0.4, 0.5) is 11.4 Å². The SMILES string of the molecule is O=[N+]([O-])c1ccc(Cl)c(NCc2ccc(O)c(O)c2O)c1. The number of rotatable bonds is 4. The molecule has 0 aliphatic rings. The first-order valence-electron chi connectivity index (χ1n) is 5.80. The summed E-state index contributed by atoms with van der Waals surface area (Å²) in [6.07, 6.45) is 0. The number of hydrogen-bond acceptors (Lipinski definition) is 6. The number of nitro benzene ring substituents is 1. The Hall–Kier alpha value is -2.67. The molecule has 0 atom stereocenters. The van der Waals surface area contributed by atoms with Crippen LogP contribution in [0.25, 0.3) is 0 Å². The van der Waals surface area contributed by atoms with E-state index in [0.29, 0.717) is 11.3 Å². The highest BCUT2D eigenvalue weighted by Crippen LogP contribution is 2.37. The van der Waals surface area contributed by atoms with E-state index in [1.165, 1.54) is 30.3 Å². The molecule has 110 valence electrons. The molecule has 2 rings (SSSR count). The summed E-state index contributed by atoms with van der Waals surface area (Å²) >= 11 is 5.93. The highest BCUT2D eigenvalue weighted by Gasteiger charge is 2.13. The third-order valence-corrected chi connectivity index (χ3v) is 3.17. The monoisotopic (exact) mass is 310 g/mol. The van der Waals surface area contributed by atoms with Crippen LogP contribution in [0.2, 0.25) is 5.02 Å². The normalized spacial score (nSPS) is 10.3. The molecule has 0 amide bonds. The largest absolute Gasteiger partial charge is 0.504 e. The zero-order chi connectivity index (χ0) is 15.6. The molecule has 7 nitrogen and oxygen atoms in total. The second-order valence-corrected chi connectivity index (χ2v) is 4.62. The minimum atomic E-state index is -0.626. The number of nitro groups is 1. The maximum atomic E-state index is 10.7. The number of halogens is 1. The summed E-state index contributed by atoms with van der Waals surface area (Å²) in [5, 5.41) is 42.1. The van der Waals surface area contributed by atoms with Crippen molar-refractivity contribution in [2.75, 3.05) is 5.32 Å². The first kappa shape index (κ1) is 14.7. The minimum absolute atomic E-state index is 0.0561. The molecule has 2 aromatic carbocycles. The van der Waals surface area contributed by atoms with Crippen LogP contribution < -0.4 is 5.32 Å². The summed E-state index contributed by atoms with van der Waals surface area (Å²) in [6.45, 7) is 0.0561. The molecule has 21 heavy (non-hydrogen) atoms. The lowest BCUT2D eigenvalue weighted by Crippen LogP contribution is -2.01. The van der Waals surface area contributed by atoms with Crippen molar-refractivity contribution < 1.29 is 20.2 Å². The van der Waals surface area contributed by atoms with E-state index in [1.54, 1.807) is 0 Å². The van der Waals surface area contributed by atoms with Gasteiger partial charge in [0.2, 0.25) is 5.75 Å². The summed E-state index contributed by atoms with van der Waals surface area (Å²) in [5.41, 5.74) is 0.491. The van der Waals surface area contributed by atoms with Gasteiger partial charge in [0.15, 0.2) is 11.5 Å². The van der Waals surface area contributed by atoms with Crippen LogP contribution in [0.15, 0.2) is 30.3 Å². The van der Waals surface area contributed by atoms with Crippen LogP contribution in [0.5, 0.6) is 17.2 Å². The maximum Gasteiger partial charge on any atom is 0.271 e. The highest BCUT2D eigenvalue weighted by atomic mass is 35.5. The van der Waals surface area contributed by atoms with Crippen molar-refractivity contribution in [3.05, 3.63) is 51.0 Å². The first-order chi connectivity index (χ1) is 9.90. The molecule has 0 saturated carbocycles. The van der Waals surface area contributed by atoms with Gasteiger partial charge in [0, 0.05) is 24.2 Å². The van der Waals surface area contributed by atoms with Crippen LogP contribution in [0, 0.1) is 10.1 Å². The van der Waals surface area contributed by atoms with Gasteiger partial charge in [-0.3, -0.25) is 10.1 Å². The number of anilines is 1. The van der Waals surface area contributed by atoms with E-state index in [4.69, 9.17) is 11.6 Å². The summed E-state index contributed by atoms with van der Waals surface area (Å²) in [5.74, 6) is -1.53. The Labute approximate surface area is 124 Å². The Morgan fingerprint density at radius 2 is 1.86 bits per heavy atom. The lowest BCUT2D eigenvalue weighted by atomic mass is 10.1. The molecule has 8 heteroatoms. The predicted octanol–water partition coefficient (Wildman–Crippen LogP) is 2.98. The average Bonchev–Trinajstić information content (AvgIpc) is 2.45. The van der Waals surface area contributed by atoms with E-state index in [0.717, 1.165) is 0 Å². The van der Waals surface area contributed by atoms with Gasteiger partial charge in [-0.2, -0.15) is 0 Å². The number of phenolic OH excluding ortho intramolecular Hbond substituents is 3. The van der Waals surface area contributed by atoms with Gasteiger partial charge in [0.25, 0.3) is 5.69 Å². The van der Waals surface area contributed by atoms with Crippen LogP contribution in [-0.4, -0.2) is 20.2 Å². The van der Waals surface area contributed by atoms with E-state index in [-0.39, 0.29) is 17.3 Å². The number of hydrogen-bond donors (Lipinski definition) is 4. The smallest absolute Gasteiger partial charge is 0.271 e. The zero-order valence-electron chi connectivity index (χ0n) is 10.6. The lowest BCUT2D eigenvalue weighted by molar-refractivity contribution is -0.384. The average molecular weight is 311 g/mol. The summed E-state index contributed by atoms with van der Waals surface area (Å²) in [7, 11) is 0. The Kier molecular flexibility index (Phi) is 4.04. The van der Waals surface area contributed by atoms with Crippen LogP contribution in [-0.2, 0) is 6.54 Å². The minimum Gasteiger partial charge on any atom is -0.504 e. The third kappa shape index (κ3) is 3.09. The van der Waals surface area contributed by atoms with Gasteiger partial charge in [-0.05, 0) is 18.2 Å². The van der Waals surface area contributed by atoms with Gasteiger partial charge in [-0.15, -0.1) is 0 Å². The molecule has 0 saturated heterocycles. The number of phenols is 3. The predicted molar refractivity (Wildman–Crippen MR) is 76.9 cm³/mol. The number of benzene rings is 2. The fourth-order valence-electron chi connectivity index (χ4n) is 1.71. The Bertz CT molecular complexity index is 705. The summed E-state index contributed by atoms with van der Waals surface area (Å²) in [4.78, 5) is 10.2. The standard InChI is InChI=1S/C13H11ClN2O5/c14-9-3-2-8(16(20)21)5-10(9)15-6-7-1-4-11(17)13(19)12(7)18/h1-5,15,17-19H,6H2. The van der Waals surface area contributed by atoms with Crippen LogP contribution >= 0.6 is 11.6 Å². The van der Waals surface area contributed by atoms with Gasteiger partial charge in [-0.25, -0.2) is 0 Å². The van der Waals surface area contributed by atoms with Gasteiger partial charge in [0.05, 0.1) is 15.6 Å². The Morgan fingerprint density at radius 3 is 2.52 bits per heavy atom. The molecule has 0 heterocycles. The molecular formula is C13H11ClN2O5. The maximum absolute atomic E-state index is 10.7. The number of nitrogens with zero attached hydrogens (tertiary/aromatic N) is 1. The van der Waals surface area contributed by atoms with Crippen LogP contribution in [0.1, 0.15) is 5.56 Å². The van der Waals surface area contributed by atoms with Crippen LogP contribution in [0.3, 0.4) is 0 Å². The molecule has 0 spiro atoms. The summed E-state index contributed by atoms with van der Waals surface area (Å²) < 4.78 is 0. The fourth-order valence-corrected chi connectivity index (χ4v) is 1.89. The topological polar surface area (TPSA) is 116 Å². The quantitative estimate of drug-likeness (QED) is 0.392. The van der Waals surface area contributed by atoms with Crippen molar-refractivity contribution >= 4 is 23.0 Å². The van der Waals surface area contributed by atoms with E-state index < -0.39 is 22.2 Å². The molecule has 0 unspecified atom stereocenters. The number of non-ortho nitro benzene ring substituents is 1. The van der Waals surface area contributed by atoms with Gasteiger partial charge >= 0.3 is 0 Å². The van der Waals surface area contributed by atoms with E-state index in [9.17, 15) is 25.4 Å². The molecule has 2 aromatic rings. The van der Waals surface area contributed by atoms with Crippen molar-refractivity contribution in [3.8, 4) is 17.2 Å². The molecular weight excluding hydrogens is 300 g/mol. The first-order valence-corrected chi connectivity index (χ1v) is 6.18. The van der Waals surface area contributed by atoms with E-state index in [1.807, 2.05) is 0 Å². The van der Waals surface area contributed by atoms with E-state index >= 15 is 0 Å². The molecule has 0 bridgehead atoms. The van der Waals surface area contributed by atoms with Crippen molar-refractivity contribution in [1.29, 1.82) is 0 Å². The molecule has 0 aliphatic heterocycles. The van der Waals surface area contributed by atoms with Gasteiger partial charge < -0.3 is 20.6 Å². The second-order valence-electron chi connectivity index (χ2n) is 4.22. The Morgan fingerprint density at radius 1 is 1.14 bits per heavy atom. The molecule has 0 radical (unpaired) electrons. The van der Waals surface area contributed by atoms with E-state index in [2.05, 4.69) is 5.32 Å². The van der Waals surface area contributed by atoms with Gasteiger partial charge in [0.1, 0.15) is 0 Å². The molecule has 0 aliphatic carbocycles. The Balaban J connectivity index is 2.22. The molecule has 4 N–H and O–H groups in total. The fraction of sp³-hybridized carbons (Fsp3) is 0.0769. The van der Waals surface area contributed by atoms with Crippen molar-refractivity contribution in [3.63, 3.8) is 0 Å². The summed E-state index contributed by atoms with van der Waals surface area (Å²) in [6, 6.07) is 6.55. The zero-order valence-corrected chi connectivity index (χ0v) is 11.3. The molecule has 0 aromatic heterocycles. The third-order valence-electron chi connectivity index (χ3n) is 2.84. The van der Waals surface area contributed by atoms with Crippen molar-refractivity contribution in [2.45, 2.75) is 6.54 Å². The van der Waals surface area contributed by atoms with Gasteiger partial charge in [-0.1, -0.05) is 11.6 Å². The van der Waals surface area contributed by atoms with Crippen molar-refractivity contribution in [1.82, 2.24) is 0 Å². The number of aromatic hydroxyl groups is 3. The molecule has 0 fully saturated rings. The highest BCUT2D eigenvalue weighted by molar-refractivity contribution is 6.33. The second kappa shape index (κ2) is 5.76. The number of nitrogens with one attached hydrogen (secondary N) is 1.